The maximum absolute atomic E-state index is 12.2. The van der Waals surface area contributed by atoms with Gasteiger partial charge in [0.05, 0.1) is 16.5 Å². The Hall–Kier alpha value is -3.66. The van der Waals surface area contributed by atoms with Gasteiger partial charge in [-0.15, -0.1) is 0 Å². The van der Waals surface area contributed by atoms with Gasteiger partial charge in [0, 0.05) is 25.6 Å². The largest absolute Gasteiger partial charge is 0.490 e. The van der Waals surface area contributed by atoms with Gasteiger partial charge in [-0.3, -0.25) is 4.79 Å². The molecule has 1 aliphatic carbocycles. The summed E-state index contributed by atoms with van der Waals surface area (Å²) in [4.78, 5) is 22.7. The SMILES string of the molecule is C=CC(=O)N1CCCC(n2nc(C3=CC(Cl)=C(OCc4cc(C)on4)CC3)c3c(N)ncnc32)C1. The number of likely N-dealkylation sites (tertiary alicyclic amines) is 1. The zero-order valence-corrected chi connectivity index (χ0v) is 20.2. The maximum atomic E-state index is 12.2. The molecular formula is C24H26ClN7O3. The minimum Gasteiger partial charge on any atom is -0.490 e. The smallest absolute Gasteiger partial charge is 0.246 e. The van der Waals surface area contributed by atoms with Gasteiger partial charge in [0.1, 0.15) is 41.7 Å². The first-order chi connectivity index (χ1) is 16.9. The van der Waals surface area contributed by atoms with Crippen molar-refractivity contribution in [3.8, 4) is 0 Å². The average Bonchev–Trinajstić information content (AvgIpc) is 3.47. The zero-order valence-electron chi connectivity index (χ0n) is 19.4. The van der Waals surface area contributed by atoms with Crippen molar-refractivity contribution in [3.63, 3.8) is 0 Å². The summed E-state index contributed by atoms with van der Waals surface area (Å²) >= 11 is 6.60. The summed E-state index contributed by atoms with van der Waals surface area (Å²) in [5.41, 5.74) is 9.27. The Morgan fingerprint density at radius 1 is 1.40 bits per heavy atom. The van der Waals surface area contributed by atoms with Gasteiger partial charge in [-0.1, -0.05) is 23.3 Å². The molecule has 5 rings (SSSR count). The Morgan fingerprint density at radius 2 is 2.26 bits per heavy atom. The van der Waals surface area contributed by atoms with Crippen molar-refractivity contribution in [2.45, 2.75) is 45.3 Å². The molecule has 1 saturated heterocycles. The van der Waals surface area contributed by atoms with Crippen LogP contribution in [0.25, 0.3) is 16.6 Å². The van der Waals surface area contributed by atoms with Gasteiger partial charge < -0.3 is 19.9 Å². The van der Waals surface area contributed by atoms with Crippen LogP contribution in [0.5, 0.6) is 0 Å². The first-order valence-corrected chi connectivity index (χ1v) is 11.9. The number of amides is 1. The summed E-state index contributed by atoms with van der Waals surface area (Å²) in [6.07, 6.45) is 7.66. The van der Waals surface area contributed by atoms with Crippen molar-refractivity contribution in [2.24, 2.45) is 0 Å². The van der Waals surface area contributed by atoms with Crippen LogP contribution in [0.2, 0.25) is 0 Å². The van der Waals surface area contributed by atoms with Crippen molar-refractivity contribution >= 4 is 39.9 Å². The van der Waals surface area contributed by atoms with Crippen molar-refractivity contribution < 1.29 is 14.1 Å². The Kier molecular flexibility index (Phi) is 6.29. The third-order valence-corrected chi connectivity index (χ3v) is 6.63. The summed E-state index contributed by atoms with van der Waals surface area (Å²) in [6.45, 7) is 6.96. The number of halogens is 1. The molecule has 1 unspecified atom stereocenters. The lowest BCUT2D eigenvalue weighted by molar-refractivity contribution is -0.127. The van der Waals surface area contributed by atoms with E-state index < -0.39 is 0 Å². The van der Waals surface area contributed by atoms with Crippen LogP contribution in [-0.2, 0) is 16.1 Å². The highest BCUT2D eigenvalue weighted by atomic mass is 35.5. The monoisotopic (exact) mass is 495 g/mol. The van der Waals surface area contributed by atoms with Crippen LogP contribution in [-0.4, -0.2) is 48.8 Å². The Labute approximate surface area is 207 Å². The lowest BCUT2D eigenvalue weighted by Gasteiger charge is -2.32. The predicted molar refractivity (Wildman–Crippen MR) is 131 cm³/mol. The van der Waals surface area contributed by atoms with Crippen molar-refractivity contribution in [2.75, 3.05) is 18.8 Å². The molecule has 0 spiro atoms. The van der Waals surface area contributed by atoms with Gasteiger partial charge in [0.2, 0.25) is 5.91 Å². The van der Waals surface area contributed by atoms with E-state index in [0.717, 1.165) is 24.2 Å². The minimum absolute atomic E-state index is 0.0294. The van der Waals surface area contributed by atoms with Crippen LogP contribution in [0.3, 0.4) is 0 Å². The molecule has 2 aliphatic rings. The fourth-order valence-electron chi connectivity index (χ4n) is 4.61. The van der Waals surface area contributed by atoms with Gasteiger partial charge in [0.25, 0.3) is 0 Å². The molecule has 0 radical (unpaired) electrons. The number of allylic oxidation sites excluding steroid dienone is 4. The number of aromatic nitrogens is 5. The lowest BCUT2D eigenvalue weighted by Crippen LogP contribution is -2.40. The van der Waals surface area contributed by atoms with E-state index in [-0.39, 0.29) is 18.6 Å². The number of hydrogen-bond donors (Lipinski definition) is 1. The number of nitrogens with zero attached hydrogens (tertiary/aromatic N) is 6. The normalized spacial score (nSPS) is 18.6. The topological polar surface area (TPSA) is 125 Å². The van der Waals surface area contributed by atoms with Gasteiger partial charge >= 0.3 is 0 Å². The van der Waals surface area contributed by atoms with E-state index in [1.165, 1.54) is 12.4 Å². The number of hydrogen-bond acceptors (Lipinski definition) is 8. The molecule has 4 heterocycles. The first-order valence-electron chi connectivity index (χ1n) is 11.5. The summed E-state index contributed by atoms with van der Waals surface area (Å²) < 4.78 is 12.9. The molecule has 3 aromatic rings. The summed E-state index contributed by atoms with van der Waals surface area (Å²) in [6, 6.07) is 1.80. The number of ether oxygens (including phenoxy) is 1. The maximum Gasteiger partial charge on any atom is 0.246 e. The van der Waals surface area contributed by atoms with Crippen molar-refractivity contribution in [3.05, 3.63) is 59.1 Å². The first kappa shape index (κ1) is 23.1. The second-order valence-corrected chi connectivity index (χ2v) is 9.10. The number of carbonyl (C=O) groups is 1. The summed E-state index contributed by atoms with van der Waals surface area (Å²) in [5.74, 6) is 1.69. The predicted octanol–water partition coefficient (Wildman–Crippen LogP) is 3.90. The molecule has 1 atom stereocenters. The van der Waals surface area contributed by atoms with E-state index >= 15 is 0 Å². The number of nitrogen functional groups attached to an aromatic ring is 1. The molecule has 0 aromatic carbocycles. The van der Waals surface area contributed by atoms with Gasteiger partial charge in [-0.05, 0) is 43.9 Å². The highest BCUT2D eigenvalue weighted by molar-refractivity contribution is 6.32. The molecule has 10 nitrogen and oxygen atoms in total. The van der Waals surface area contributed by atoms with Crippen molar-refractivity contribution in [1.82, 2.24) is 29.8 Å². The van der Waals surface area contributed by atoms with Gasteiger partial charge in [0.15, 0.2) is 5.65 Å². The number of piperidine rings is 1. The molecule has 1 fully saturated rings. The number of fused-ring (bicyclic) bond motifs is 1. The second-order valence-electron chi connectivity index (χ2n) is 8.69. The van der Waals surface area contributed by atoms with E-state index in [0.29, 0.717) is 65.0 Å². The average molecular weight is 496 g/mol. The molecule has 1 amide bonds. The van der Waals surface area contributed by atoms with Crippen molar-refractivity contribution in [1.29, 1.82) is 0 Å². The van der Waals surface area contributed by atoms with Crippen LogP contribution in [0.4, 0.5) is 5.82 Å². The van der Waals surface area contributed by atoms with E-state index in [4.69, 9.17) is 31.7 Å². The molecule has 3 aromatic heterocycles. The van der Waals surface area contributed by atoms with Crippen LogP contribution in [0.15, 0.2) is 46.4 Å². The van der Waals surface area contributed by atoms with E-state index in [1.807, 2.05) is 23.7 Å². The van der Waals surface area contributed by atoms with Gasteiger partial charge in [-0.25, -0.2) is 14.6 Å². The van der Waals surface area contributed by atoms with E-state index in [9.17, 15) is 4.79 Å². The molecule has 11 heteroatoms. The number of aryl methyl sites for hydroxylation is 1. The second kappa shape index (κ2) is 9.53. The molecule has 0 bridgehead atoms. The fourth-order valence-corrected chi connectivity index (χ4v) is 4.89. The van der Waals surface area contributed by atoms with Crippen LogP contribution in [0.1, 0.15) is 48.9 Å². The Morgan fingerprint density at radius 3 is 3.00 bits per heavy atom. The van der Waals surface area contributed by atoms with Crippen LogP contribution >= 0.6 is 11.6 Å². The Bertz CT molecular complexity index is 1360. The fraction of sp³-hybridized carbons (Fsp3) is 0.375. The van der Waals surface area contributed by atoms with Crippen LogP contribution < -0.4 is 5.73 Å². The third kappa shape index (κ3) is 4.53. The van der Waals surface area contributed by atoms with Gasteiger partial charge in [-0.2, -0.15) is 5.10 Å². The third-order valence-electron chi connectivity index (χ3n) is 6.31. The molecule has 35 heavy (non-hydrogen) atoms. The van der Waals surface area contributed by atoms with E-state index in [1.54, 1.807) is 4.90 Å². The molecule has 1 aliphatic heterocycles. The zero-order chi connectivity index (χ0) is 24.5. The highest BCUT2D eigenvalue weighted by Crippen LogP contribution is 2.38. The van der Waals surface area contributed by atoms with E-state index in [2.05, 4.69) is 21.7 Å². The number of nitrogens with two attached hydrogens (primary N) is 1. The molecule has 2 N–H and O–H groups in total. The molecule has 182 valence electrons. The van der Waals surface area contributed by atoms with Crippen LogP contribution in [0, 0.1) is 6.92 Å². The highest BCUT2D eigenvalue weighted by Gasteiger charge is 2.29. The summed E-state index contributed by atoms with van der Waals surface area (Å²) in [7, 11) is 0. The number of carbonyl (C=O) groups excluding carboxylic acids is 1. The minimum atomic E-state index is -0.0826. The Balaban J connectivity index is 1.46. The molecule has 0 saturated carbocycles. The quantitative estimate of drug-likeness (QED) is 0.510. The molecular weight excluding hydrogens is 470 g/mol. The number of rotatable bonds is 6. The lowest BCUT2D eigenvalue weighted by atomic mass is 9.99. The standard InChI is InChI=1S/C24H26ClN7O3/c1-3-20(33)31-8-4-5-17(11-31)32-24-21(23(26)27-13-28-24)22(29-32)15-6-7-19(18(25)10-15)34-12-16-9-14(2)35-30-16/h3,9-10,13,17H,1,4-8,11-12H2,2H3,(H2,26,27,28). The summed E-state index contributed by atoms with van der Waals surface area (Å²) in [5, 5.41) is 10.1. The number of anilines is 1.